The zero-order valence-electron chi connectivity index (χ0n) is 8.94. The van der Waals surface area contributed by atoms with E-state index in [2.05, 4.69) is 11.1 Å². The molecule has 0 amide bonds. The molecule has 0 saturated carbocycles. The molecule has 0 N–H and O–H groups in total. The first-order valence-electron chi connectivity index (χ1n) is 4.94. The van der Waals surface area contributed by atoms with E-state index in [4.69, 9.17) is 16.3 Å². The highest BCUT2D eigenvalue weighted by atomic mass is 35.5. The first-order chi connectivity index (χ1) is 7.78. The van der Waals surface area contributed by atoms with Crippen molar-refractivity contribution in [1.29, 1.82) is 0 Å². The maximum atomic E-state index is 5.93. The number of hydrogen-bond donors (Lipinski definition) is 0. The van der Waals surface area contributed by atoms with Crippen LogP contribution in [0.1, 0.15) is 16.3 Å². The smallest absolute Gasteiger partial charge is 0.0973 e. The number of rotatable bonds is 4. The number of halogens is 1. The Balaban J connectivity index is 2.08. The Bertz CT molecular complexity index is 470. The van der Waals surface area contributed by atoms with Gasteiger partial charge in [0.1, 0.15) is 0 Å². The maximum Gasteiger partial charge on any atom is 0.0973 e. The molecule has 0 atom stereocenters. The van der Waals surface area contributed by atoms with Crippen LogP contribution in [0.3, 0.4) is 0 Å². The summed E-state index contributed by atoms with van der Waals surface area (Å²) in [6.07, 6.45) is 0.828. The fourth-order valence-electron chi connectivity index (χ4n) is 1.47. The molecular weight excluding hydrogens is 242 g/mol. The van der Waals surface area contributed by atoms with Crippen LogP contribution in [0.2, 0.25) is 5.02 Å². The summed E-state index contributed by atoms with van der Waals surface area (Å²) in [6, 6.07) is 7.87. The van der Waals surface area contributed by atoms with Gasteiger partial charge in [0.15, 0.2) is 0 Å². The third-order valence-electron chi connectivity index (χ3n) is 2.14. The Kier molecular flexibility index (Phi) is 3.93. The van der Waals surface area contributed by atoms with E-state index in [0.29, 0.717) is 6.61 Å². The number of benzene rings is 1. The van der Waals surface area contributed by atoms with Crippen molar-refractivity contribution in [2.45, 2.75) is 13.0 Å². The first-order valence-corrected chi connectivity index (χ1v) is 6.20. The summed E-state index contributed by atoms with van der Waals surface area (Å²) in [5, 5.41) is 3.89. The van der Waals surface area contributed by atoms with Gasteiger partial charge in [-0.1, -0.05) is 23.7 Å². The molecule has 0 aliphatic carbocycles. The van der Waals surface area contributed by atoms with Crippen molar-refractivity contribution in [2.75, 3.05) is 7.11 Å². The molecule has 0 spiro atoms. The molecule has 0 saturated heterocycles. The minimum atomic E-state index is 0.575. The lowest BCUT2D eigenvalue weighted by atomic mass is 10.2. The molecule has 0 bridgehead atoms. The molecule has 0 aliphatic rings. The number of ether oxygens (including phenoxy) is 1. The van der Waals surface area contributed by atoms with Crippen molar-refractivity contribution in [3.63, 3.8) is 0 Å². The molecule has 0 fully saturated rings. The van der Waals surface area contributed by atoms with Crippen molar-refractivity contribution >= 4 is 22.9 Å². The van der Waals surface area contributed by atoms with Crippen LogP contribution in [0.25, 0.3) is 0 Å². The van der Waals surface area contributed by atoms with Gasteiger partial charge in [0.25, 0.3) is 0 Å². The summed E-state index contributed by atoms with van der Waals surface area (Å²) in [5.74, 6) is 0. The number of methoxy groups -OCH3 is 1. The summed E-state index contributed by atoms with van der Waals surface area (Å²) in [7, 11) is 1.68. The van der Waals surface area contributed by atoms with Crippen molar-refractivity contribution in [1.82, 2.24) is 4.98 Å². The van der Waals surface area contributed by atoms with E-state index < -0.39 is 0 Å². The second-order valence-corrected chi connectivity index (χ2v) is 4.85. The van der Waals surface area contributed by atoms with Gasteiger partial charge in [0, 0.05) is 23.9 Å². The Morgan fingerprint density at radius 1 is 1.44 bits per heavy atom. The lowest BCUT2D eigenvalue weighted by Crippen LogP contribution is -1.90. The highest BCUT2D eigenvalue weighted by Crippen LogP contribution is 2.17. The van der Waals surface area contributed by atoms with Crippen LogP contribution in [-0.2, 0) is 17.8 Å². The molecule has 0 aliphatic heterocycles. The summed E-state index contributed by atoms with van der Waals surface area (Å²) < 4.78 is 5.03. The number of thiazole rings is 1. The molecule has 0 radical (unpaired) electrons. The number of nitrogens with zero attached hydrogens (tertiary/aromatic N) is 1. The minimum absolute atomic E-state index is 0.575. The van der Waals surface area contributed by atoms with Gasteiger partial charge in [-0.2, -0.15) is 0 Å². The maximum absolute atomic E-state index is 5.93. The summed E-state index contributed by atoms with van der Waals surface area (Å²) in [4.78, 5) is 4.48. The molecule has 0 unspecified atom stereocenters. The van der Waals surface area contributed by atoms with Crippen molar-refractivity contribution in [3.8, 4) is 0 Å². The quantitative estimate of drug-likeness (QED) is 0.832. The van der Waals surface area contributed by atoms with E-state index >= 15 is 0 Å². The molecule has 2 nitrogen and oxygen atoms in total. The largest absolute Gasteiger partial charge is 0.378 e. The van der Waals surface area contributed by atoms with Gasteiger partial charge in [-0.15, -0.1) is 11.3 Å². The van der Waals surface area contributed by atoms with Crippen molar-refractivity contribution in [3.05, 3.63) is 50.9 Å². The second-order valence-electron chi connectivity index (χ2n) is 3.47. The zero-order chi connectivity index (χ0) is 11.4. The van der Waals surface area contributed by atoms with Crippen LogP contribution in [0.4, 0.5) is 0 Å². The van der Waals surface area contributed by atoms with Crippen LogP contribution < -0.4 is 0 Å². The number of aromatic nitrogens is 1. The molecule has 16 heavy (non-hydrogen) atoms. The van der Waals surface area contributed by atoms with Crippen LogP contribution in [0, 0.1) is 0 Å². The second kappa shape index (κ2) is 5.43. The van der Waals surface area contributed by atoms with Gasteiger partial charge >= 0.3 is 0 Å². The third-order valence-corrected chi connectivity index (χ3v) is 3.27. The van der Waals surface area contributed by atoms with E-state index in [-0.39, 0.29) is 0 Å². The van der Waals surface area contributed by atoms with Gasteiger partial charge in [0.05, 0.1) is 17.3 Å². The molecule has 1 heterocycles. The van der Waals surface area contributed by atoms with Gasteiger partial charge in [-0.3, -0.25) is 0 Å². The average Bonchev–Trinajstić information content (AvgIpc) is 2.66. The molecule has 1 aromatic heterocycles. The molecular formula is C12H12ClNOS. The van der Waals surface area contributed by atoms with Gasteiger partial charge < -0.3 is 4.74 Å². The van der Waals surface area contributed by atoms with Crippen molar-refractivity contribution in [2.24, 2.45) is 0 Å². The predicted octanol–water partition coefficient (Wildman–Crippen LogP) is 3.53. The highest BCUT2D eigenvalue weighted by molar-refractivity contribution is 7.09. The Morgan fingerprint density at radius 3 is 3.06 bits per heavy atom. The van der Waals surface area contributed by atoms with E-state index in [9.17, 15) is 0 Å². The predicted molar refractivity (Wildman–Crippen MR) is 67.1 cm³/mol. The van der Waals surface area contributed by atoms with E-state index in [1.165, 1.54) is 5.56 Å². The zero-order valence-corrected chi connectivity index (χ0v) is 10.5. The molecule has 2 rings (SSSR count). The van der Waals surface area contributed by atoms with Crippen LogP contribution >= 0.6 is 22.9 Å². The third kappa shape index (κ3) is 3.04. The normalized spacial score (nSPS) is 10.6. The van der Waals surface area contributed by atoms with Gasteiger partial charge in [0.2, 0.25) is 0 Å². The summed E-state index contributed by atoms with van der Waals surface area (Å²) in [6.45, 7) is 0.575. The minimum Gasteiger partial charge on any atom is -0.378 e. The molecule has 2 aromatic rings. The van der Waals surface area contributed by atoms with E-state index in [1.54, 1.807) is 18.4 Å². The topological polar surface area (TPSA) is 22.1 Å². The fraction of sp³-hybridized carbons (Fsp3) is 0.250. The van der Waals surface area contributed by atoms with Gasteiger partial charge in [-0.05, 0) is 17.7 Å². The standard InChI is InChI=1S/C12H12ClNOS/c1-15-7-11-8-16-12(14-11)6-9-3-2-4-10(13)5-9/h2-5,8H,6-7H2,1H3. The van der Waals surface area contributed by atoms with Crippen LogP contribution in [0.15, 0.2) is 29.6 Å². The van der Waals surface area contributed by atoms with Crippen LogP contribution in [-0.4, -0.2) is 12.1 Å². The fourth-order valence-corrected chi connectivity index (χ4v) is 2.49. The molecule has 1 aromatic carbocycles. The van der Waals surface area contributed by atoms with Crippen molar-refractivity contribution < 1.29 is 4.74 Å². The average molecular weight is 254 g/mol. The Morgan fingerprint density at radius 2 is 2.31 bits per heavy atom. The number of hydrogen-bond acceptors (Lipinski definition) is 3. The highest BCUT2D eigenvalue weighted by Gasteiger charge is 2.03. The lowest BCUT2D eigenvalue weighted by Gasteiger charge is -1.98. The van der Waals surface area contributed by atoms with Gasteiger partial charge in [-0.25, -0.2) is 4.98 Å². The summed E-state index contributed by atoms with van der Waals surface area (Å²) in [5.41, 5.74) is 2.18. The van der Waals surface area contributed by atoms with E-state index in [0.717, 1.165) is 22.1 Å². The SMILES string of the molecule is COCc1csc(Cc2cccc(Cl)c2)n1. The summed E-state index contributed by atoms with van der Waals surface area (Å²) >= 11 is 7.58. The Hall–Kier alpha value is -0.900. The lowest BCUT2D eigenvalue weighted by molar-refractivity contribution is 0.182. The van der Waals surface area contributed by atoms with E-state index in [1.807, 2.05) is 23.6 Å². The molecule has 4 heteroatoms. The Labute approximate surface area is 104 Å². The first kappa shape index (κ1) is 11.6. The molecule has 84 valence electrons. The monoisotopic (exact) mass is 253 g/mol. The van der Waals surface area contributed by atoms with Crippen LogP contribution in [0.5, 0.6) is 0 Å².